The number of aliphatic hydroxyl groups is 1. The summed E-state index contributed by atoms with van der Waals surface area (Å²) in [5.74, 6) is 0.0535. The van der Waals surface area contributed by atoms with Crippen molar-refractivity contribution in [1.29, 1.82) is 0 Å². The molecule has 1 N–H and O–H groups in total. The van der Waals surface area contributed by atoms with E-state index in [0.29, 0.717) is 18.7 Å². The Labute approximate surface area is 135 Å². The molecule has 2 heterocycles. The van der Waals surface area contributed by atoms with Crippen LogP contribution in [0.1, 0.15) is 36.5 Å². The third kappa shape index (κ3) is 3.12. The van der Waals surface area contributed by atoms with E-state index in [1.807, 2.05) is 29.2 Å². The molecule has 1 aromatic carbocycles. The first-order valence-electron chi connectivity index (χ1n) is 8.03. The molecule has 3 rings (SSSR count). The number of carbonyl (C=O) groups is 1. The number of piperidine rings is 1. The standard InChI is InChI=1S/C17H22N4O2/c1-2-17(11-22)7-9-20(10-8-17)16(23)14-3-5-15(6-4-14)21-13-18-12-19-21/h3-6,12-13,22H,2,7-11H2,1H3. The molecule has 0 radical (unpaired) electrons. The van der Waals surface area contributed by atoms with Crippen molar-refractivity contribution in [3.63, 3.8) is 0 Å². The molecule has 6 nitrogen and oxygen atoms in total. The number of benzene rings is 1. The Morgan fingerprint density at radius 2 is 1.96 bits per heavy atom. The Morgan fingerprint density at radius 1 is 1.26 bits per heavy atom. The molecule has 122 valence electrons. The molecule has 1 fully saturated rings. The Hall–Kier alpha value is -2.21. The van der Waals surface area contributed by atoms with E-state index in [4.69, 9.17) is 0 Å². The average molecular weight is 314 g/mol. The molecule has 0 spiro atoms. The third-order valence-electron chi connectivity index (χ3n) is 4.99. The molecular formula is C17H22N4O2. The minimum Gasteiger partial charge on any atom is -0.396 e. The van der Waals surface area contributed by atoms with Crippen LogP contribution in [0.4, 0.5) is 0 Å². The number of carbonyl (C=O) groups excluding carboxylic acids is 1. The summed E-state index contributed by atoms with van der Waals surface area (Å²) in [7, 11) is 0. The highest BCUT2D eigenvalue weighted by molar-refractivity contribution is 5.94. The highest BCUT2D eigenvalue weighted by Crippen LogP contribution is 2.34. The predicted octanol–water partition coefficient (Wildman–Crippen LogP) is 1.89. The maximum Gasteiger partial charge on any atom is 0.253 e. The first-order chi connectivity index (χ1) is 11.2. The lowest BCUT2D eigenvalue weighted by Crippen LogP contribution is -2.44. The first kappa shape index (κ1) is 15.7. The largest absolute Gasteiger partial charge is 0.396 e. The number of rotatable bonds is 4. The van der Waals surface area contributed by atoms with E-state index in [1.165, 1.54) is 6.33 Å². The number of aliphatic hydroxyl groups excluding tert-OH is 1. The summed E-state index contributed by atoms with van der Waals surface area (Å²) >= 11 is 0. The van der Waals surface area contributed by atoms with Crippen LogP contribution in [0.15, 0.2) is 36.9 Å². The second-order valence-corrected chi connectivity index (χ2v) is 6.19. The highest BCUT2D eigenvalue weighted by atomic mass is 16.3. The van der Waals surface area contributed by atoms with Gasteiger partial charge in [-0.05, 0) is 48.9 Å². The van der Waals surface area contributed by atoms with Crippen LogP contribution in [-0.2, 0) is 0 Å². The van der Waals surface area contributed by atoms with Crippen LogP contribution in [0.5, 0.6) is 0 Å². The van der Waals surface area contributed by atoms with Crippen LogP contribution in [0, 0.1) is 5.41 Å². The molecule has 0 aliphatic carbocycles. The van der Waals surface area contributed by atoms with Crippen molar-refractivity contribution >= 4 is 5.91 Å². The Balaban J connectivity index is 1.67. The zero-order valence-corrected chi connectivity index (χ0v) is 13.4. The normalized spacial score (nSPS) is 17.2. The minimum absolute atomic E-state index is 0.00622. The van der Waals surface area contributed by atoms with E-state index in [9.17, 15) is 9.90 Å². The van der Waals surface area contributed by atoms with Crippen LogP contribution in [0.25, 0.3) is 5.69 Å². The molecule has 1 aromatic heterocycles. The molecule has 1 aliphatic heterocycles. The van der Waals surface area contributed by atoms with Gasteiger partial charge in [0.05, 0.1) is 5.69 Å². The van der Waals surface area contributed by atoms with Gasteiger partial charge < -0.3 is 10.0 Å². The zero-order valence-electron chi connectivity index (χ0n) is 13.4. The van der Waals surface area contributed by atoms with E-state index in [2.05, 4.69) is 17.0 Å². The van der Waals surface area contributed by atoms with E-state index in [0.717, 1.165) is 24.9 Å². The molecule has 1 saturated heterocycles. The van der Waals surface area contributed by atoms with Gasteiger partial charge in [-0.25, -0.2) is 9.67 Å². The van der Waals surface area contributed by atoms with Crippen molar-refractivity contribution in [2.24, 2.45) is 5.41 Å². The summed E-state index contributed by atoms with van der Waals surface area (Å²) in [6.45, 7) is 3.73. The molecule has 0 unspecified atom stereocenters. The van der Waals surface area contributed by atoms with E-state index in [1.54, 1.807) is 11.0 Å². The van der Waals surface area contributed by atoms with Gasteiger partial charge in [-0.2, -0.15) is 5.10 Å². The molecule has 0 bridgehead atoms. The van der Waals surface area contributed by atoms with Crippen LogP contribution in [-0.4, -0.2) is 50.4 Å². The van der Waals surface area contributed by atoms with Crippen molar-refractivity contribution < 1.29 is 9.90 Å². The number of nitrogens with zero attached hydrogens (tertiary/aromatic N) is 4. The van der Waals surface area contributed by atoms with Gasteiger partial charge >= 0.3 is 0 Å². The van der Waals surface area contributed by atoms with Crippen molar-refractivity contribution in [1.82, 2.24) is 19.7 Å². The van der Waals surface area contributed by atoms with Gasteiger partial charge in [0.1, 0.15) is 12.7 Å². The van der Waals surface area contributed by atoms with Gasteiger partial charge in [0, 0.05) is 25.3 Å². The fourth-order valence-electron chi connectivity index (χ4n) is 3.09. The van der Waals surface area contributed by atoms with Crippen LogP contribution < -0.4 is 0 Å². The van der Waals surface area contributed by atoms with Gasteiger partial charge in [-0.3, -0.25) is 4.79 Å². The van der Waals surface area contributed by atoms with Crippen molar-refractivity contribution in [3.8, 4) is 5.69 Å². The molecule has 6 heteroatoms. The number of hydrogen-bond donors (Lipinski definition) is 1. The van der Waals surface area contributed by atoms with Gasteiger partial charge in [-0.1, -0.05) is 6.92 Å². The number of aromatic nitrogens is 3. The summed E-state index contributed by atoms with van der Waals surface area (Å²) in [5.41, 5.74) is 1.55. The number of amides is 1. The average Bonchev–Trinajstić information content (AvgIpc) is 3.16. The lowest BCUT2D eigenvalue weighted by atomic mass is 9.77. The van der Waals surface area contributed by atoms with Crippen LogP contribution >= 0.6 is 0 Å². The summed E-state index contributed by atoms with van der Waals surface area (Å²) < 4.78 is 1.66. The Morgan fingerprint density at radius 3 is 2.48 bits per heavy atom. The summed E-state index contributed by atoms with van der Waals surface area (Å²) in [4.78, 5) is 18.4. The number of hydrogen-bond acceptors (Lipinski definition) is 4. The maximum atomic E-state index is 12.6. The van der Waals surface area contributed by atoms with E-state index in [-0.39, 0.29) is 17.9 Å². The van der Waals surface area contributed by atoms with Crippen molar-refractivity contribution in [3.05, 3.63) is 42.5 Å². The van der Waals surface area contributed by atoms with Gasteiger partial charge in [0.15, 0.2) is 0 Å². The fraction of sp³-hybridized carbons (Fsp3) is 0.471. The molecule has 1 aliphatic rings. The highest BCUT2D eigenvalue weighted by Gasteiger charge is 2.34. The fourth-order valence-corrected chi connectivity index (χ4v) is 3.09. The molecule has 0 atom stereocenters. The SMILES string of the molecule is CCC1(CO)CCN(C(=O)c2ccc(-n3cncn3)cc2)CC1. The van der Waals surface area contributed by atoms with Crippen molar-refractivity contribution in [2.75, 3.05) is 19.7 Å². The second kappa shape index (κ2) is 6.50. The van der Waals surface area contributed by atoms with Crippen LogP contribution in [0.3, 0.4) is 0 Å². The molecular weight excluding hydrogens is 292 g/mol. The second-order valence-electron chi connectivity index (χ2n) is 6.19. The smallest absolute Gasteiger partial charge is 0.253 e. The maximum absolute atomic E-state index is 12.6. The van der Waals surface area contributed by atoms with Gasteiger partial charge in [0.25, 0.3) is 5.91 Å². The Kier molecular flexibility index (Phi) is 4.43. The van der Waals surface area contributed by atoms with Gasteiger partial charge in [-0.15, -0.1) is 0 Å². The van der Waals surface area contributed by atoms with E-state index >= 15 is 0 Å². The van der Waals surface area contributed by atoms with E-state index < -0.39 is 0 Å². The molecule has 1 amide bonds. The lowest BCUT2D eigenvalue weighted by molar-refractivity contribution is 0.0338. The quantitative estimate of drug-likeness (QED) is 0.935. The Bertz CT molecular complexity index is 638. The molecule has 23 heavy (non-hydrogen) atoms. The number of likely N-dealkylation sites (tertiary alicyclic amines) is 1. The topological polar surface area (TPSA) is 71.2 Å². The predicted molar refractivity (Wildman–Crippen MR) is 86.3 cm³/mol. The lowest BCUT2D eigenvalue weighted by Gasteiger charge is -2.40. The van der Waals surface area contributed by atoms with Crippen molar-refractivity contribution in [2.45, 2.75) is 26.2 Å². The first-order valence-corrected chi connectivity index (χ1v) is 8.03. The zero-order chi connectivity index (χ0) is 16.3. The molecule has 2 aromatic rings. The molecule has 0 saturated carbocycles. The monoisotopic (exact) mass is 314 g/mol. The summed E-state index contributed by atoms with van der Waals surface area (Å²) in [6.07, 6.45) is 5.79. The third-order valence-corrected chi connectivity index (χ3v) is 4.99. The summed E-state index contributed by atoms with van der Waals surface area (Å²) in [6, 6.07) is 7.39. The van der Waals surface area contributed by atoms with Gasteiger partial charge in [0.2, 0.25) is 0 Å². The summed E-state index contributed by atoms with van der Waals surface area (Å²) in [5, 5.41) is 13.7. The minimum atomic E-state index is -0.00622. The van der Waals surface area contributed by atoms with Crippen LogP contribution in [0.2, 0.25) is 0 Å².